The van der Waals surface area contributed by atoms with Gasteiger partial charge in [0.05, 0.1) is 11.6 Å². The highest BCUT2D eigenvalue weighted by molar-refractivity contribution is 6.31. The van der Waals surface area contributed by atoms with Crippen LogP contribution in [-0.4, -0.2) is 18.8 Å². The van der Waals surface area contributed by atoms with E-state index in [9.17, 15) is 0 Å². The summed E-state index contributed by atoms with van der Waals surface area (Å²) in [5, 5.41) is 4.33. The minimum Gasteiger partial charge on any atom is -0.374 e. The molecule has 2 nitrogen and oxygen atoms in total. The van der Waals surface area contributed by atoms with Crippen molar-refractivity contribution >= 4 is 11.6 Å². The lowest BCUT2D eigenvalue weighted by Gasteiger charge is -2.35. The van der Waals surface area contributed by atoms with Crippen molar-refractivity contribution in [3.63, 3.8) is 0 Å². The number of rotatable bonds is 7. The van der Waals surface area contributed by atoms with E-state index in [1.54, 1.807) is 0 Å². The Labute approximate surface area is 116 Å². The van der Waals surface area contributed by atoms with Crippen LogP contribution in [0.1, 0.15) is 45.7 Å². The van der Waals surface area contributed by atoms with Crippen LogP contribution < -0.4 is 5.32 Å². The van der Waals surface area contributed by atoms with Crippen LogP contribution in [0, 0.1) is 0 Å². The van der Waals surface area contributed by atoms with Crippen LogP contribution in [-0.2, 0) is 4.74 Å². The van der Waals surface area contributed by atoms with Gasteiger partial charge in [-0.05, 0) is 45.4 Å². The van der Waals surface area contributed by atoms with Crippen LogP contribution in [0.25, 0.3) is 0 Å². The van der Waals surface area contributed by atoms with Crippen molar-refractivity contribution in [1.82, 2.24) is 5.32 Å². The summed E-state index contributed by atoms with van der Waals surface area (Å²) in [6, 6.07) is 8.07. The average Bonchev–Trinajstić information content (AvgIpc) is 2.31. The number of hydrogen-bond donors (Lipinski definition) is 1. The van der Waals surface area contributed by atoms with Crippen LogP contribution >= 0.6 is 11.6 Å². The van der Waals surface area contributed by atoms with Gasteiger partial charge in [0, 0.05) is 11.6 Å². The van der Waals surface area contributed by atoms with E-state index in [4.69, 9.17) is 16.3 Å². The molecular formula is C15H24ClNO. The molecule has 0 amide bonds. The van der Waals surface area contributed by atoms with Crippen LogP contribution in [0.5, 0.6) is 0 Å². The molecule has 1 atom stereocenters. The number of nitrogens with one attached hydrogen (secondary N) is 1. The van der Waals surface area contributed by atoms with Gasteiger partial charge in [0.2, 0.25) is 0 Å². The summed E-state index contributed by atoms with van der Waals surface area (Å²) in [5.74, 6) is 0. The zero-order valence-electron chi connectivity index (χ0n) is 11.8. The van der Waals surface area contributed by atoms with E-state index >= 15 is 0 Å². The zero-order chi connectivity index (χ0) is 13.6. The smallest absolute Gasteiger partial charge is 0.0820 e. The number of benzene rings is 1. The van der Waals surface area contributed by atoms with Crippen LogP contribution in [0.3, 0.4) is 0 Å². The zero-order valence-corrected chi connectivity index (χ0v) is 12.6. The summed E-state index contributed by atoms with van der Waals surface area (Å²) in [4.78, 5) is 0. The molecule has 0 fully saturated rings. The van der Waals surface area contributed by atoms with Crippen molar-refractivity contribution in [2.24, 2.45) is 0 Å². The molecule has 0 aliphatic heterocycles. The molecule has 1 aromatic carbocycles. The van der Waals surface area contributed by atoms with Gasteiger partial charge >= 0.3 is 0 Å². The largest absolute Gasteiger partial charge is 0.374 e. The monoisotopic (exact) mass is 269 g/mol. The molecule has 1 N–H and O–H groups in total. The van der Waals surface area contributed by atoms with Crippen LogP contribution in [0.4, 0.5) is 0 Å². The van der Waals surface area contributed by atoms with Crippen molar-refractivity contribution in [2.75, 3.05) is 13.2 Å². The Bertz CT molecular complexity index is 365. The quantitative estimate of drug-likeness (QED) is 0.801. The molecule has 0 spiro atoms. The van der Waals surface area contributed by atoms with Gasteiger partial charge in [-0.1, -0.05) is 36.7 Å². The highest BCUT2D eigenvalue weighted by atomic mass is 35.5. The number of halogens is 1. The van der Waals surface area contributed by atoms with Gasteiger partial charge in [-0.2, -0.15) is 0 Å². The minimum absolute atomic E-state index is 0.103. The Kier molecular flexibility index (Phi) is 6.13. The van der Waals surface area contributed by atoms with Gasteiger partial charge in [0.1, 0.15) is 0 Å². The maximum atomic E-state index is 6.31. The molecule has 0 bridgehead atoms. The molecule has 0 heterocycles. The lowest BCUT2D eigenvalue weighted by molar-refractivity contribution is -0.0391. The summed E-state index contributed by atoms with van der Waals surface area (Å²) in [6.45, 7) is 10.0. The van der Waals surface area contributed by atoms with Gasteiger partial charge < -0.3 is 10.1 Å². The molecule has 3 heteroatoms. The first kappa shape index (κ1) is 15.5. The molecule has 1 rings (SSSR count). The summed E-state index contributed by atoms with van der Waals surface area (Å²) < 4.78 is 5.88. The SMILES string of the molecule is CCCNC(c1ccccc1Cl)C(C)(C)OCC. The van der Waals surface area contributed by atoms with E-state index < -0.39 is 0 Å². The summed E-state index contributed by atoms with van der Waals surface area (Å²) in [6.07, 6.45) is 1.09. The van der Waals surface area contributed by atoms with E-state index in [2.05, 4.69) is 32.2 Å². The highest BCUT2D eigenvalue weighted by Crippen LogP contribution is 2.33. The molecule has 18 heavy (non-hydrogen) atoms. The molecule has 102 valence electrons. The predicted molar refractivity (Wildman–Crippen MR) is 78.2 cm³/mol. The van der Waals surface area contributed by atoms with Gasteiger partial charge in [-0.3, -0.25) is 0 Å². The van der Waals surface area contributed by atoms with Gasteiger partial charge in [-0.15, -0.1) is 0 Å². The van der Waals surface area contributed by atoms with Crippen molar-refractivity contribution in [3.05, 3.63) is 34.9 Å². The lowest BCUT2D eigenvalue weighted by atomic mass is 9.91. The van der Waals surface area contributed by atoms with E-state index in [0.717, 1.165) is 23.6 Å². The first-order chi connectivity index (χ1) is 8.53. The van der Waals surface area contributed by atoms with Gasteiger partial charge in [0.15, 0.2) is 0 Å². The fraction of sp³-hybridized carbons (Fsp3) is 0.600. The first-order valence-corrected chi connectivity index (χ1v) is 7.02. The van der Waals surface area contributed by atoms with Crippen molar-refractivity contribution in [3.8, 4) is 0 Å². The topological polar surface area (TPSA) is 21.3 Å². The molecule has 0 saturated heterocycles. The third-order valence-corrected chi connectivity index (χ3v) is 3.37. The van der Waals surface area contributed by atoms with Gasteiger partial charge in [-0.25, -0.2) is 0 Å². The molecule has 0 aliphatic rings. The average molecular weight is 270 g/mol. The Hall–Kier alpha value is -0.570. The van der Waals surface area contributed by atoms with Crippen molar-refractivity contribution < 1.29 is 4.74 Å². The Morgan fingerprint density at radius 2 is 1.94 bits per heavy atom. The Morgan fingerprint density at radius 3 is 2.50 bits per heavy atom. The third kappa shape index (κ3) is 3.98. The van der Waals surface area contributed by atoms with Gasteiger partial charge in [0.25, 0.3) is 0 Å². The standard InChI is InChI=1S/C15H24ClNO/c1-5-11-17-14(15(3,4)18-6-2)12-9-7-8-10-13(12)16/h7-10,14,17H,5-6,11H2,1-4H3. The van der Waals surface area contributed by atoms with E-state index in [1.165, 1.54) is 0 Å². The minimum atomic E-state index is -0.283. The second-order valence-corrected chi connectivity index (χ2v) is 5.35. The first-order valence-electron chi connectivity index (χ1n) is 6.64. The van der Waals surface area contributed by atoms with Crippen molar-refractivity contribution in [2.45, 2.75) is 45.8 Å². The molecule has 0 aromatic heterocycles. The highest BCUT2D eigenvalue weighted by Gasteiger charge is 2.32. The summed E-state index contributed by atoms with van der Waals surface area (Å²) >= 11 is 6.31. The second kappa shape index (κ2) is 7.13. The molecule has 1 unspecified atom stereocenters. The van der Waals surface area contributed by atoms with Crippen molar-refractivity contribution in [1.29, 1.82) is 0 Å². The molecule has 1 aromatic rings. The van der Waals surface area contributed by atoms with Crippen LogP contribution in [0.2, 0.25) is 5.02 Å². The predicted octanol–water partition coefficient (Wildman–Crippen LogP) is 4.20. The van der Waals surface area contributed by atoms with Crippen LogP contribution in [0.15, 0.2) is 24.3 Å². The lowest BCUT2D eigenvalue weighted by Crippen LogP contribution is -2.42. The maximum absolute atomic E-state index is 6.31. The molecule has 0 radical (unpaired) electrons. The molecule has 0 saturated carbocycles. The Morgan fingerprint density at radius 1 is 1.28 bits per heavy atom. The molecule has 0 aliphatic carbocycles. The second-order valence-electron chi connectivity index (χ2n) is 4.95. The summed E-state index contributed by atoms with van der Waals surface area (Å²) in [5.41, 5.74) is 0.820. The number of ether oxygens (including phenoxy) is 1. The number of hydrogen-bond acceptors (Lipinski definition) is 2. The third-order valence-electron chi connectivity index (χ3n) is 3.03. The van der Waals surface area contributed by atoms with E-state index in [1.807, 2.05) is 25.1 Å². The molecular weight excluding hydrogens is 246 g/mol. The maximum Gasteiger partial charge on any atom is 0.0820 e. The fourth-order valence-corrected chi connectivity index (χ4v) is 2.43. The van der Waals surface area contributed by atoms with E-state index in [0.29, 0.717) is 6.61 Å². The Balaban J connectivity index is 3.01. The fourth-order valence-electron chi connectivity index (χ4n) is 2.18. The van der Waals surface area contributed by atoms with E-state index in [-0.39, 0.29) is 11.6 Å². The summed E-state index contributed by atoms with van der Waals surface area (Å²) in [7, 11) is 0. The normalized spacial score (nSPS) is 13.6.